The van der Waals surface area contributed by atoms with Gasteiger partial charge in [0.1, 0.15) is 5.82 Å². The summed E-state index contributed by atoms with van der Waals surface area (Å²) < 4.78 is 23.9. The summed E-state index contributed by atoms with van der Waals surface area (Å²) in [5.41, 5.74) is 3.94. The monoisotopic (exact) mass is 308 g/mol. The van der Waals surface area contributed by atoms with E-state index >= 15 is 0 Å². The maximum Gasteiger partial charge on any atom is 0.161 e. The van der Waals surface area contributed by atoms with Crippen molar-refractivity contribution in [1.82, 2.24) is 0 Å². The van der Waals surface area contributed by atoms with E-state index in [0.717, 1.165) is 22.3 Å². The summed E-state index contributed by atoms with van der Waals surface area (Å²) >= 11 is 0. The standard InChI is InChI=1S/C20H17FO2/c1-22-19-11-10-17(13-20(19)23-2)15-8-6-14(7-9-15)16-4-3-5-18(21)12-16/h3-13H,1-2H3. The molecular weight excluding hydrogens is 291 g/mol. The normalized spacial score (nSPS) is 10.4. The number of rotatable bonds is 4. The van der Waals surface area contributed by atoms with Crippen LogP contribution in [0.3, 0.4) is 0 Å². The molecule has 116 valence electrons. The highest BCUT2D eigenvalue weighted by Gasteiger charge is 2.06. The number of benzene rings is 3. The van der Waals surface area contributed by atoms with E-state index < -0.39 is 0 Å². The van der Waals surface area contributed by atoms with Gasteiger partial charge in [-0.15, -0.1) is 0 Å². The quantitative estimate of drug-likeness (QED) is 0.661. The van der Waals surface area contributed by atoms with Crippen molar-refractivity contribution < 1.29 is 13.9 Å². The van der Waals surface area contributed by atoms with E-state index in [1.54, 1.807) is 20.3 Å². The first-order valence-electron chi connectivity index (χ1n) is 7.29. The second kappa shape index (κ2) is 6.53. The van der Waals surface area contributed by atoms with Gasteiger partial charge in [-0.2, -0.15) is 0 Å². The molecule has 0 saturated carbocycles. The zero-order valence-electron chi connectivity index (χ0n) is 13.0. The fraction of sp³-hybridized carbons (Fsp3) is 0.100. The second-order valence-electron chi connectivity index (χ2n) is 5.16. The van der Waals surface area contributed by atoms with Gasteiger partial charge in [-0.1, -0.05) is 42.5 Å². The van der Waals surface area contributed by atoms with Crippen LogP contribution in [0.25, 0.3) is 22.3 Å². The molecule has 0 aliphatic rings. The van der Waals surface area contributed by atoms with Crippen LogP contribution in [-0.2, 0) is 0 Å². The highest BCUT2D eigenvalue weighted by Crippen LogP contribution is 2.33. The van der Waals surface area contributed by atoms with Crippen LogP contribution in [0.4, 0.5) is 4.39 Å². The van der Waals surface area contributed by atoms with E-state index in [9.17, 15) is 4.39 Å². The summed E-state index contributed by atoms with van der Waals surface area (Å²) in [6.07, 6.45) is 0. The first-order valence-corrected chi connectivity index (χ1v) is 7.29. The molecule has 0 N–H and O–H groups in total. The molecule has 0 saturated heterocycles. The smallest absolute Gasteiger partial charge is 0.161 e. The molecule has 0 spiro atoms. The predicted octanol–water partition coefficient (Wildman–Crippen LogP) is 5.18. The fourth-order valence-electron chi connectivity index (χ4n) is 2.54. The van der Waals surface area contributed by atoms with Crippen molar-refractivity contribution >= 4 is 0 Å². The van der Waals surface area contributed by atoms with Gasteiger partial charge in [-0.3, -0.25) is 0 Å². The first kappa shape index (κ1) is 15.1. The fourth-order valence-corrected chi connectivity index (χ4v) is 2.54. The molecule has 3 aromatic rings. The lowest BCUT2D eigenvalue weighted by molar-refractivity contribution is 0.355. The average molecular weight is 308 g/mol. The van der Waals surface area contributed by atoms with E-state index in [0.29, 0.717) is 11.5 Å². The number of methoxy groups -OCH3 is 2. The Bertz CT molecular complexity index is 810. The number of halogens is 1. The molecule has 0 heterocycles. The highest BCUT2D eigenvalue weighted by atomic mass is 19.1. The minimum absolute atomic E-state index is 0.230. The maximum absolute atomic E-state index is 13.3. The van der Waals surface area contributed by atoms with Crippen molar-refractivity contribution in [1.29, 1.82) is 0 Å². The van der Waals surface area contributed by atoms with Crippen molar-refractivity contribution in [3.05, 3.63) is 72.5 Å². The maximum atomic E-state index is 13.3. The number of ether oxygens (including phenoxy) is 2. The molecule has 0 unspecified atom stereocenters. The topological polar surface area (TPSA) is 18.5 Å². The molecule has 0 aliphatic carbocycles. The van der Waals surface area contributed by atoms with Gasteiger partial charge in [0.15, 0.2) is 11.5 Å². The summed E-state index contributed by atoms with van der Waals surface area (Å²) in [6.45, 7) is 0. The first-order chi connectivity index (χ1) is 11.2. The van der Waals surface area contributed by atoms with Crippen molar-refractivity contribution in [2.75, 3.05) is 14.2 Å². The highest BCUT2D eigenvalue weighted by molar-refractivity contribution is 5.72. The lowest BCUT2D eigenvalue weighted by atomic mass is 10.00. The molecule has 2 nitrogen and oxygen atoms in total. The summed E-state index contributed by atoms with van der Waals surface area (Å²) in [5, 5.41) is 0. The van der Waals surface area contributed by atoms with Gasteiger partial charge >= 0.3 is 0 Å². The number of hydrogen-bond donors (Lipinski definition) is 0. The van der Waals surface area contributed by atoms with Gasteiger partial charge < -0.3 is 9.47 Å². The largest absolute Gasteiger partial charge is 0.493 e. The summed E-state index contributed by atoms with van der Waals surface area (Å²) in [6, 6.07) is 20.4. The lowest BCUT2D eigenvalue weighted by Gasteiger charge is -2.10. The Morgan fingerprint density at radius 2 is 1.17 bits per heavy atom. The van der Waals surface area contributed by atoms with Gasteiger partial charge in [0.2, 0.25) is 0 Å². The molecule has 3 aromatic carbocycles. The van der Waals surface area contributed by atoms with Crippen LogP contribution < -0.4 is 9.47 Å². The molecule has 0 bridgehead atoms. The zero-order valence-corrected chi connectivity index (χ0v) is 13.0. The molecular formula is C20H17FO2. The Kier molecular flexibility index (Phi) is 4.29. The van der Waals surface area contributed by atoms with E-state index in [-0.39, 0.29) is 5.82 Å². The summed E-state index contributed by atoms with van der Waals surface area (Å²) in [7, 11) is 3.24. The SMILES string of the molecule is COc1ccc(-c2ccc(-c3cccc(F)c3)cc2)cc1OC. The zero-order chi connectivity index (χ0) is 16.2. The average Bonchev–Trinajstić information content (AvgIpc) is 2.61. The van der Waals surface area contributed by atoms with Crippen LogP contribution in [0.15, 0.2) is 66.7 Å². The molecule has 0 aliphatic heterocycles. The van der Waals surface area contributed by atoms with Gasteiger partial charge in [0.25, 0.3) is 0 Å². The van der Waals surface area contributed by atoms with E-state index in [4.69, 9.17) is 9.47 Å². The van der Waals surface area contributed by atoms with Gasteiger partial charge in [-0.25, -0.2) is 4.39 Å². The Morgan fingerprint density at radius 3 is 1.74 bits per heavy atom. The Balaban J connectivity index is 1.93. The van der Waals surface area contributed by atoms with Gasteiger partial charge in [0, 0.05) is 0 Å². The third-order valence-electron chi connectivity index (χ3n) is 3.76. The number of hydrogen-bond acceptors (Lipinski definition) is 2. The van der Waals surface area contributed by atoms with Crippen LogP contribution in [0.5, 0.6) is 11.5 Å². The van der Waals surface area contributed by atoms with Crippen LogP contribution in [-0.4, -0.2) is 14.2 Å². The minimum atomic E-state index is -0.230. The van der Waals surface area contributed by atoms with Crippen LogP contribution in [0, 0.1) is 5.82 Å². The molecule has 0 fully saturated rings. The van der Waals surface area contributed by atoms with Gasteiger partial charge in [0.05, 0.1) is 14.2 Å². The second-order valence-corrected chi connectivity index (χ2v) is 5.16. The van der Waals surface area contributed by atoms with Crippen LogP contribution in [0.1, 0.15) is 0 Å². The van der Waals surface area contributed by atoms with Crippen LogP contribution in [0.2, 0.25) is 0 Å². The minimum Gasteiger partial charge on any atom is -0.493 e. The molecule has 3 rings (SSSR count). The molecule has 0 aromatic heterocycles. The molecule has 0 radical (unpaired) electrons. The molecule has 23 heavy (non-hydrogen) atoms. The summed E-state index contributed by atoms with van der Waals surface area (Å²) in [5.74, 6) is 1.17. The van der Waals surface area contributed by atoms with Crippen LogP contribution >= 0.6 is 0 Å². The van der Waals surface area contributed by atoms with Gasteiger partial charge in [-0.05, 0) is 46.5 Å². The lowest BCUT2D eigenvalue weighted by Crippen LogP contribution is -1.90. The van der Waals surface area contributed by atoms with Crippen molar-refractivity contribution in [3.63, 3.8) is 0 Å². The molecule has 0 amide bonds. The van der Waals surface area contributed by atoms with E-state index in [1.807, 2.05) is 48.5 Å². The Morgan fingerprint density at radius 1 is 0.609 bits per heavy atom. The van der Waals surface area contributed by atoms with Crippen molar-refractivity contribution in [3.8, 4) is 33.8 Å². The Hall–Kier alpha value is -2.81. The van der Waals surface area contributed by atoms with E-state index in [1.165, 1.54) is 12.1 Å². The van der Waals surface area contributed by atoms with Crippen molar-refractivity contribution in [2.45, 2.75) is 0 Å². The Labute approximate surface area is 135 Å². The summed E-state index contributed by atoms with van der Waals surface area (Å²) in [4.78, 5) is 0. The van der Waals surface area contributed by atoms with Crippen molar-refractivity contribution in [2.24, 2.45) is 0 Å². The predicted molar refractivity (Wildman–Crippen MR) is 90.4 cm³/mol. The molecule has 0 atom stereocenters. The molecule has 3 heteroatoms. The van der Waals surface area contributed by atoms with E-state index in [2.05, 4.69) is 0 Å². The third kappa shape index (κ3) is 3.19. The third-order valence-corrected chi connectivity index (χ3v) is 3.76.